The molecule has 1 N–H and O–H groups in total. The minimum absolute atomic E-state index is 0.00822. The zero-order valence-electron chi connectivity index (χ0n) is 10.00. The molecule has 0 aliphatic carbocycles. The van der Waals surface area contributed by atoms with E-state index in [1.54, 1.807) is 13.8 Å². The van der Waals surface area contributed by atoms with E-state index < -0.39 is 17.3 Å². The number of nitrogens with zero attached hydrogens (tertiary/aromatic N) is 1. The van der Waals surface area contributed by atoms with Gasteiger partial charge in [-0.1, -0.05) is 15.9 Å². The first-order chi connectivity index (χ1) is 7.70. The van der Waals surface area contributed by atoms with Crippen LogP contribution in [0.15, 0.2) is 22.7 Å². The van der Waals surface area contributed by atoms with Crippen LogP contribution in [-0.4, -0.2) is 35.1 Å². The molecule has 94 valence electrons. The van der Waals surface area contributed by atoms with Crippen LogP contribution in [0.4, 0.5) is 4.39 Å². The molecule has 0 bridgehead atoms. The molecule has 5 heteroatoms. The quantitative estimate of drug-likeness (QED) is 0.932. The maximum absolute atomic E-state index is 13.5. The van der Waals surface area contributed by atoms with Gasteiger partial charge >= 0.3 is 0 Å². The number of carbonyl (C=O) groups is 1. The molecule has 0 atom stereocenters. The van der Waals surface area contributed by atoms with Crippen LogP contribution in [0, 0.1) is 5.82 Å². The summed E-state index contributed by atoms with van der Waals surface area (Å²) in [5.41, 5.74) is -1.02. The predicted octanol–water partition coefficient (Wildman–Crippen LogP) is 2.43. The van der Waals surface area contributed by atoms with E-state index in [2.05, 4.69) is 15.9 Å². The lowest BCUT2D eigenvalue weighted by molar-refractivity contribution is 0.0365. The molecule has 1 aromatic rings. The average Bonchev–Trinajstić information content (AvgIpc) is 2.18. The highest BCUT2D eigenvalue weighted by molar-refractivity contribution is 9.10. The zero-order valence-corrected chi connectivity index (χ0v) is 11.6. The second-order valence-corrected chi connectivity index (χ2v) is 5.51. The van der Waals surface area contributed by atoms with Crippen LogP contribution in [0.1, 0.15) is 24.2 Å². The topological polar surface area (TPSA) is 40.5 Å². The molecule has 17 heavy (non-hydrogen) atoms. The molecule has 0 saturated heterocycles. The molecule has 0 fully saturated rings. The second-order valence-electron chi connectivity index (χ2n) is 4.60. The maximum atomic E-state index is 13.5. The number of carbonyl (C=O) groups excluding carboxylic acids is 1. The first kappa shape index (κ1) is 14.1. The molecule has 0 aromatic heterocycles. The van der Waals surface area contributed by atoms with E-state index in [1.165, 1.54) is 30.1 Å². The molecule has 0 heterocycles. The molecule has 0 spiro atoms. The van der Waals surface area contributed by atoms with Crippen molar-refractivity contribution in [3.8, 4) is 0 Å². The highest BCUT2D eigenvalue weighted by atomic mass is 79.9. The van der Waals surface area contributed by atoms with Gasteiger partial charge in [0, 0.05) is 18.1 Å². The summed E-state index contributed by atoms with van der Waals surface area (Å²) in [5.74, 6) is -1.02. The van der Waals surface area contributed by atoms with Crippen LogP contribution in [0.5, 0.6) is 0 Å². The van der Waals surface area contributed by atoms with E-state index in [4.69, 9.17) is 0 Å². The van der Waals surface area contributed by atoms with Crippen molar-refractivity contribution in [2.75, 3.05) is 13.6 Å². The Labute approximate surface area is 108 Å². The lowest BCUT2D eigenvalue weighted by Crippen LogP contribution is -2.40. The number of rotatable bonds is 3. The smallest absolute Gasteiger partial charge is 0.256 e. The van der Waals surface area contributed by atoms with Gasteiger partial charge < -0.3 is 10.0 Å². The number of benzene rings is 1. The van der Waals surface area contributed by atoms with E-state index in [0.717, 1.165) is 0 Å². The van der Waals surface area contributed by atoms with Crippen molar-refractivity contribution >= 4 is 21.8 Å². The van der Waals surface area contributed by atoms with Gasteiger partial charge in [0.15, 0.2) is 0 Å². The lowest BCUT2D eigenvalue weighted by atomic mass is 10.1. The first-order valence-corrected chi connectivity index (χ1v) is 5.93. The molecule has 0 radical (unpaired) electrons. The van der Waals surface area contributed by atoms with Crippen LogP contribution < -0.4 is 0 Å². The lowest BCUT2D eigenvalue weighted by Gasteiger charge is -2.25. The van der Waals surface area contributed by atoms with E-state index in [0.29, 0.717) is 4.47 Å². The molecule has 1 rings (SSSR count). The molecular weight excluding hydrogens is 289 g/mol. The fraction of sp³-hybridized carbons (Fsp3) is 0.417. The van der Waals surface area contributed by atoms with Gasteiger partial charge in [-0.05, 0) is 32.0 Å². The molecule has 3 nitrogen and oxygen atoms in total. The Balaban J connectivity index is 2.93. The van der Waals surface area contributed by atoms with Gasteiger partial charge in [-0.15, -0.1) is 0 Å². The highest BCUT2D eigenvalue weighted by Gasteiger charge is 2.22. The van der Waals surface area contributed by atoms with Gasteiger partial charge in [0.05, 0.1) is 11.2 Å². The van der Waals surface area contributed by atoms with Crippen molar-refractivity contribution in [3.05, 3.63) is 34.1 Å². The third-order valence-corrected chi connectivity index (χ3v) is 2.62. The fourth-order valence-electron chi connectivity index (χ4n) is 1.52. The van der Waals surface area contributed by atoms with E-state index in [-0.39, 0.29) is 12.1 Å². The van der Waals surface area contributed by atoms with Crippen molar-refractivity contribution in [1.29, 1.82) is 0 Å². The van der Waals surface area contributed by atoms with Gasteiger partial charge in [-0.3, -0.25) is 4.79 Å². The van der Waals surface area contributed by atoms with Gasteiger partial charge in [-0.25, -0.2) is 4.39 Å². The third-order valence-electron chi connectivity index (χ3n) is 2.13. The Hall–Kier alpha value is -0.940. The summed E-state index contributed by atoms with van der Waals surface area (Å²) in [6.07, 6.45) is 0. The Morgan fingerprint density at radius 3 is 2.65 bits per heavy atom. The maximum Gasteiger partial charge on any atom is 0.256 e. The van der Waals surface area contributed by atoms with Gasteiger partial charge in [0.25, 0.3) is 5.91 Å². The fourth-order valence-corrected chi connectivity index (χ4v) is 1.88. The van der Waals surface area contributed by atoms with Crippen LogP contribution in [0.3, 0.4) is 0 Å². The van der Waals surface area contributed by atoms with Crippen molar-refractivity contribution in [2.24, 2.45) is 0 Å². The van der Waals surface area contributed by atoms with Crippen molar-refractivity contribution in [2.45, 2.75) is 19.4 Å². The minimum Gasteiger partial charge on any atom is -0.389 e. The monoisotopic (exact) mass is 303 g/mol. The number of aliphatic hydroxyl groups is 1. The van der Waals surface area contributed by atoms with E-state index >= 15 is 0 Å². The summed E-state index contributed by atoms with van der Waals surface area (Å²) in [6.45, 7) is 3.32. The Bertz CT molecular complexity index is 429. The summed E-state index contributed by atoms with van der Waals surface area (Å²) < 4.78 is 14.1. The summed E-state index contributed by atoms with van der Waals surface area (Å²) in [7, 11) is 1.53. The van der Waals surface area contributed by atoms with Crippen LogP contribution >= 0.6 is 15.9 Å². The number of halogens is 2. The number of hydrogen-bond acceptors (Lipinski definition) is 2. The molecular formula is C12H15BrFNO2. The minimum atomic E-state index is -1.01. The first-order valence-electron chi connectivity index (χ1n) is 5.13. The summed E-state index contributed by atoms with van der Waals surface area (Å²) in [5, 5.41) is 9.61. The van der Waals surface area contributed by atoms with Crippen LogP contribution in [-0.2, 0) is 0 Å². The average molecular weight is 304 g/mol. The molecule has 0 saturated carbocycles. The largest absolute Gasteiger partial charge is 0.389 e. The second kappa shape index (κ2) is 5.14. The highest BCUT2D eigenvalue weighted by Crippen LogP contribution is 2.17. The van der Waals surface area contributed by atoms with E-state index in [9.17, 15) is 14.3 Å². The van der Waals surface area contributed by atoms with Crippen molar-refractivity contribution in [1.82, 2.24) is 4.90 Å². The molecule has 1 amide bonds. The summed E-state index contributed by atoms with van der Waals surface area (Å²) >= 11 is 3.19. The SMILES string of the molecule is CN(CC(C)(C)O)C(=O)c1cc(Br)ccc1F. The number of amides is 1. The molecule has 1 aromatic carbocycles. The van der Waals surface area contributed by atoms with Gasteiger partial charge in [0.2, 0.25) is 0 Å². The normalized spacial score (nSPS) is 11.4. The standard InChI is InChI=1S/C12H15BrFNO2/c1-12(2,17)7-15(3)11(16)9-6-8(13)4-5-10(9)14/h4-6,17H,7H2,1-3H3. The summed E-state index contributed by atoms with van der Waals surface area (Å²) in [6, 6.07) is 4.19. The van der Waals surface area contributed by atoms with Crippen molar-refractivity contribution in [3.63, 3.8) is 0 Å². The van der Waals surface area contributed by atoms with Crippen LogP contribution in [0.2, 0.25) is 0 Å². The summed E-state index contributed by atoms with van der Waals surface area (Å²) in [4.78, 5) is 13.2. The zero-order chi connectivity index (χ0) is 13.2. The van der Waals surface area contributed by atoms with Crippen LogP contribution in [0.25, 0.3) is 0 Å². The predicted molar refractivity (Wildman–Crippen MR) is 67.4 cm³/mol. The van der Waals surface area contributed by atoms with E-state index in [1.807, 2.05) is 0 Å². The van der Waals surface area contributed by atoms with Gasteiger partial charge in [0.1, 0.15) is 5.82 Å². The number of hydrogen-bond donors (Lipinski definition) is 1. The Morgan fingerprint density at radius 2 is 2.12 bits per heavy atom. The molecule has 0 unspecified atom stereocenters. The number of likely N-dealkylation sites (N-methyl/N-ethyl adjacent to an activating group) is 1. The third kappa shape index (κ3) is 4.09. The molecule has 0 aliphatic heterocycles. The molecule has 0 aliphatic rings. The Kier molecular flexibility index (Phi) is 4.27. The van der Waals surface area contributed by atoms with Gasteiger partial charge in [-0.2, -0.15) is 0 Å². The Morgan fingerprint density at radius 1 is 1.53 bits per heavy atom. The van der Waals surface area contributed by atoms with Crippen molar-refractivity contribution < 1.29 is 14.3 Å².